The molecule has 2 N–H and O–H groups in total. The molecule has 194 valence electrons. The van der Waals surface area contributed by atoms with Gasteiger partial charge in [-0.15, -0.1) is 0 Å². The van der Waals surface area contributed by atoms with Crippen molar-refractivity contribution in [3.05, 3.63) is 112 Å². The Morgan fingerprint density at radius 1 is 1.03 bits per heavy atom. The fourth-order valence-electron chi connectivity index (χ4n) is 5.09. The number of hydrogen-bond acceptors (Lipinski definition) is 5. The lowest BCUT2D eigenvalue weighted by atomic mass is 9.75. The highest BCUT2D eigenvalue weighted by Crippen LogP contribution is 2.44. The van der Waals surface area contributed by atoms with Crippen molar-refractivity contribution >= 4 is 17.4 Å². The number of rotatable bonds is 7. The molecule has 5 rings (SSSR count). The average Bonchev–Trinajstić information content (AvgIpc) is 2.93. The zero-order valence-electron chi connectivity index (χ0n) is 21.3. The fraction of sp³-hybridized carbons (Fsp3) is 0.226. The van der Waals surface area contributed by atoms with Gasteiger partial charge in [0.1, 0.15) is 12.4 Å². The minimum absolute atomic E-state index is 0.00388. The number of methoxy groups -OCH3 is 1. The summed E-state index contributed by atoms with van der Waals surface area (Å²) in [6, 6.07) is 21.3. The predicted octanol–water partition coefficient (Wildman–Crippen LogP) is 6.02. The third kappa shape index (κ3) is 5.05. The number of ketones is 1. The van der Waals surface area contributed by atoms with Crippen LogP contribution >= 0.6 is 0 Å². The Kier molecular flexibility index (Phi) is 7.26. The van der Waals surface area contributed by atoms with Crippen LogP contribution in [0.4, 0.5) is 10.1 Å². The second kappa shape index (κ2) is 10.9. The number of ether oxygens (including phenoxy) is 2. The Hall–Kier alpha value is -4.39. The van der Waals surface area contributed by atoms with E-state index in [0.717, 1.165) is 23.2 Å². The smallest absolute Gasteiger partial charge is 0.254 e. The first kappa shape index (κ1) is 25.3. The summed E-state index contributed by atoms with van der Waals surface area (Å²) in [6.07, 6.45) is 1.87. The summed E-state index contributed by atoms with van der Waals surface area (Å²) >= 11 is 0. The van der Waals surface area contributed by atoms with E-state index < -0.39 is 17.6 Å². The van der Waals surface area contributed by atoms with Crippen LogP contribution in [0.2, 0.25) is 0 Å². The number of carbonyl (C=O) groups is 2. The maximum Gasteiger partial charge on any atom is 0.254 e. The minimum atomic E-state index is -0.636. The third-order valence-corrected chi connectivity index (χ3v) is 6.90. The predicted molar refractivity (Wildman–Crippen MR) is 143 cm³/mol. The summed E-state index contributed by atoms with van der Waals surface area (Å²) in [5, 5.41) is 5.98. The number of amides is 1. The summed E-state index contributed by atoms with van der Waals surface area (Å²) in [5.41, 5.74) is 4.20. The standard InChI is InChI=1S/C31H29FN2O4/c1-19-28(31(36)34-23-12-7-6-11-22(23)32)29(30-24(33-19)13-8-14-25(30)35)21-15-16-26(27(17-21)37-2)38-18-20-9-4-3-5-10-20/h3-7,9-12,15-17,29,33H,8,13-14,18H2,1-2H3,(H,34,36). The first-order valence-corrected chi connectivity index (χ1v) is 12.6. The lowest BCUT2D eigenvalue weighted by Crippen LogP contribution is -2.35. The third-order valence-electron chi connectivity index (χ3n) is 6.90. The number of nitrogens with one attached hydrogen (secondary N) is 2. The van der Waals surface area contributed by atoms with Crippen molar-refractivity contribution in [1.82, 2.24) is 5.32 Å². The molecule has 0 saturated heterocycles. The molecule has 6 nitrogen and oxygen atoms in total. The first-order valence-electron chi connectivity index (χ1n) is 12.6. The van der Waals surface area contributed by atoms with Crippen LogP contribution in [0.25, 0.3) is 0 Å². The number of hydrogen-bond donors (Lipinski definition) is 2. The van der Waals surface area contributed by atoms with Gasteiger partial charge in [0.15, 0.2) is 17.3 Å². The highest BCUT2D eigenvalue weighted by Gasteiger charge is 2.39. The second-order valence-corrected chi connectivity index (χ2v) is 9.38. The monoisotopic (exact) mass is 512 g/mol. The molecule has 1 unspecified atom stereocenters. The van der Waals surface area contributed by atoms with E-state index in [0.29, 0.717) is 47.8 Å². The molecular weight excluding hydrogens is 483 g/mol. The van der Waals surface area contributed by atoms with E-state index in [4.69, 9.17) is 9.47 Å². The van der Waals surface area contributed by atoms with Gasteiger partial charge in [-0.1, -0.05) is 48.5 Å². The SMILES string of the molecule is COc1cc(C2C(C(=O)Nc3ccccc3F)=C(C)NC3=C2C(=O)CCC3)ccc1OCc1ccccc1. The number of para-hydroxylation sites is 1. The number of Topliss-reactive ketones (excluding diaryl/α,β-unsaturated/α-hetero) is 1. The van der Waals surface area contributed by atoms with Crippen molar-refractivity contribution in [3.8, 4) is 11.5 Å². The lowest BCUT2D eigenvalue weighted by molar-refractivity contribution is -0.116. The molecule has 2 aliphatic rings. The molecule has 38 heavy (non-hydrogen) atoms. The van der Waals surface area contributed by atoms with Gasteiger partial charge in [-0.25, -0.2) is 4.39 Å². The Morgan fingerprint density at radius 2 is 1.79 bits per heavy atom. The first-order chi connectivity index (χ1) is 18.5. The van der Waals surface area contributed by atoms with Gasteiger partial charge in [0, 0.05) is 34.9 Å². The van der Waals surface area contributed by atoms with E-state index in [1.165, 1.54) is 12.1 Å². The minimum Gasteiger partial charge on any atom is -0.493 e. The summed E-state index contributed by atoms with van der Waals surface area (Å²) in [4.78, 5) is 26.8. The van der Waals surface area contributed by atoms with Crippen LogP contribution < -0.4 is 20.1 Å². The second-order valence-electron chi connectivity index (χ2n) is 9.38. The van der Waals surface area contributed by atoms with E-state index in [-0.39, 0.29) is 11.5 Å². The van der Waals surface area contributed by atoms with Crippen LogP contribution in [0.3, 0.4) is 0 Å². The lowest BCUT2D eigenvalue weighted by Gasteiger charge is -2.34. The van der Waals surface area contributed by atoms with E-state index in [9.17, 15) is 14.0 Å². The summed E-state index contributed by atoms with van der Waals surface area (Å²) in [6.45, 7) is 2.17. The molecule has 0 aromatic heterocycles. The number of carbonyl (C=O) groups excluding carboxylic acids is 2. The van der Waals surface area contributed by atoms with Crippen LogP contribution in [0.1, 0.15) is 43.2 Å². The molecule has 1 amide bonds. The fourth-order valence-corrected chi connectivity index (χ4v) is 5.09. The largest absolute Gasteiger partial charge is 0.493 e. The molecule has 1 heterocycles. The van der Waals surface area contributed by atoms with Gasteiger partial charge in [0.2, 0.25) is 0 Å². The van der Waals surface area contributed by atoms with E-state index in [1.807, 2.05) is 42.5 Å². The molecular formula is C31H29FN2O4. The van der Waals surface area contributed by atoms with E-state index in [1.54, 1.807) is 32.2 Å². The van der Waals surface area contributed by atoms with Crippen molar-refractivity contribution in [2.24, 2.45) is 0 Å². The van der Waals surface area contributed by atoms with Gasteiger partial charge in [-0.3, -0.25) is 9.59 Å². The molecule has 3 aromatic rings. The Morgan fingerprint density at radius 3 is 2.55 bits per heavy atom. The molecule has 1 atom stereocenters. The van der Waals surface area contributed by atoms with Gasteiger partial charge in [0.05, 0.1) is 12.8 Å². The highest BCUT2D eigenvalue weighted by molar-refractivity contribution is 6.09. The number of halogens is 1. The Labute approximate surface area is 221 Å². The molecule has 1 aliphatic carbocycles. The van der Waals surface area contributed by atoms with Crippen LogP contribution in [0, 0.1) is 5.82 Å². The topological polar surface area (TPSA) is 76.7 Å². The Bertz CT molecular complexity index is 1450. The molecule has 1 aliphatic heterocycles. The summed E-state index contributed by atoms with van der Waals surface area (Å²) < 4.78 is 26.0. The summed E-state index contributed by atoms with van der Waals surface area (Å²) in [7, 11) is 1.56. The molecule has 0 spiro atoms. The van der Waals surface area contributed by atoms with Gasteiger partial charge < -0.3 is 20.1 Å². The van der Waals surface area contributed by atoms with Crippen molar-refractivity contribution < 1.29 is 23.5 Å². The normalized spacial score (nSPS) is 17.0. The van der Waals surface area contributed by atoms with Crippen LogP contribution in [0.5, 0.6) is 11.5 Å². The maximum atomic E-state index is 14.4. The number of dihydropyridines is 1. The van der Waals surface area contributed by atoms with Crippen LogP contribution in [-0.4, -0.2) is 18.8 Å². The van der Waals surface area contributed by atoms with Crippen molar-refractivity contribution in [1.29, 1.82) is 0 Å². The zero-order valence-corrected chi connectivity index (χ0v) is 21.3. The average molecular weight is 513 g/mol. The van der Waals surface area contributed by atoms with E-state index in [2.05, 4.69) is 10.6 Å². The Balaban J connectivity index is 1.53. The van der Waals surface area contributed by atoms with Crippen molar-refractivity contribution in [2.75, 3.05) is 12.4 Å². The van der Waals surface area contributed by atoms with Gasteiger partial charge in [-0.05, 0) is 55.2 Å². The molecule has 0 radical (unpaired) electrons. The number of allylic oxidation sites excluding steroid dienone is 3. The molecule has 3 aromatic carbocycles. The van der Waals surface area contributed by atoms with Crippen LogP contribution in [-0.2, 0) is 16.2 Å². The van der Waals surface area contributed by atoms with Crippen molar-refractivity contribution in [2.45, 2.75) is 38.7 Å². The molecule has 0 fully saturated rings. The van der Waals surface area contributed by atoms with Gasteiger partial charge in [0.25, 0.3) is 5.91 Å². The highest BCUT2D eigenvalue weighted by atomic mass is 19.1. The van der Waals surface area contributed by atoms with Gasteiger partial charge in [-0.2, -0.15) is 0 Å². The molecule has 0 saturated carbocycles. The zero-order chi connectivity index (χ0) is 26.6. The van der Waals surface area contributed by atoms with E-state index >= 15 is 0 Å². The number of anilines is 1. The number of benzene rings is 3. The molecule has 7 heteroatoms. The maximum absolute atomic E-state index is 14.4. The quantitative estimate of drug-likeness (QED) is 0.405. The van der Waals surface area contributed by atoms with Crippen LogP contribution in [0.15, 0.2) is 95.3 Å². The molecule has 0 bridgehead atoms. The van der Waals surface area contributed by atoms with Gasteiger partial charge >= 0.3 is 0 Å². The summed E-state index contributed by atoms with van der Waals surface area (Å²) in [5.74, 6) is -0.600. The van der Waals surface area contributed by atoms with Crippen molar-refractivity contribution in [3.63, 3.8) is 0 Å².